The number of carboxylic acid groups (broad SMARTS) is 1. The molecule has 0 saturated carbocycles. The second-order valence-electron chi connectivity index (χ2n) is 4.27. The number of hydrogen-bond donors (Lipinski definition) is 2. The lowest BCUT2D eigenvalue weighted by Crippen LogP contribution is -2.36. The van der Waals surface area contributed by atoms with E-state index in [9.17, 15) is 4.79 Å². The summed E-state index contributed by atoms with van der Waals surface area (Å²) in [5, 5.41) is 16.7. The second kappa shape index (κ2) is 4.91. The molecule has 5 nitrogen and oxygen atoms in total. The van der Waals surface area contributed by atoms with E-state index in [1.54, 1.807) is 0 Å². The van der Waals surface area contributed by atoms with Crippen LogP contribution in [0, 0.1) is 5.41 Å². The fourth-order valence-electron chi connectivity index (χ4n) is 2.19. The lowest BCUT2D eigenvalue weighted by atomic mass is 9.96. The number of nitrogens with zero attached hydrogens (tertiary/aromatic N) is 2. The van der Waals surface area contributed by atoms with Crippen molar-refractivity contribution in [3.8, 4) is 0 Å². The van der Waals surface area contributed by atoms with Crippen LogP contribution in [0.3, 0.4) is 0 Å². The molecule has 1 aliphatic heterocycles. The van der Waals surface area contributed by atoms with E-state index in [1.165, 1.54) is 21.1 Å². The Morgan fingerprint density at radius 3 is 2.71 bits per heavy atom. The third-order valence-corrected chi connectivity index (χ3v) is 4.37. The first kappa shape index (κ1) is 12.2. The van der Waals surface area contributed by atoms with Crippen LogP contribution in [0.4, 0.5) is 4.79 Å². The maximum absolute atomic E-state index is 10.8. The number of nitrogens with one attached hydrogen (secondary N) is 1. The molecule has 2 heterocycles. The lowest BCUT2D eigenvalue weighted by Gasteiger charge is -2.29. The molecule has 0 spiro atoms. The highest BCUT2D eigenvalue weighted by molar-refractivity contribution is 7.09. The number of thiazole rings is 1. The van der Waals surface area contributed by atoms with E-state index in [4.69, 9.17) is 10.5 Å². The van der Waals surface area contributed by atoms with Crippen LogP contribution in [-0.4, -0.2) is 33.8 Å². The Kier molecular flexibility index (Phi) is 3.51. The Morgan fingerprint density at radius 1 is 1.59 bits per heavy atom. The van der Waals surface area contributed by atoms with E-state index in [0.717, 1.165) is 19.4 Å². The van der Waals surface area contributed by atoms with Crippen molar-refractivity contribution in [2.24, 2.45) is 0 Å². The Balaban J connectivity index is 2.05. The molecule has 0 unspecified atom stereocenters. The van der Waals surface area contributed by atoms with Crippen LogP contribution in [0.1, 0.15) is 30.6 Å². The van der Waals surface area contributed by atoms with Crippen molar-refractivity contribution in [1.82, 2.24) is 9.47 Å². The van der Waals surface area contributed by atoms with E-state index in [0.29, 0.717) is 23.8 Å². The molecular formula is C11H17N3O2S. The number of aryl methyl sites for hydroxylation is 1. The van der Waals surface area contributed by atoms with Gasteiger partial charge in [0.15, 0.2) is 4.80 Å². The van der Waals surface area contributed by atoms with E-state index in [2.05, 4.69) is 0 Å². The summed E-state index contributed by atoms with van der Waals surface area (Å²) in [5.41, 5.74) is 0. The van der Waals surface area contributed by atoms with Crippen LogP contribution in [0.25, 0.3) is 0 Å². The molecule has 0 aliphatic carbocycles. The Morgan fingerprint density at radius 2 is 2.24 bits per heavy atom. The maximum Gasteiger partial charge on any atom is 0.407 e. The molecule has 0 atom stereocenters. The van der Waals surface area contributed by atoms with Crippen LogP contribution in [0.5, 0.6) is 0 Å². The van der Waals surface area contributed by atoms with E-state index in [1.807, 2.05) is 17.7 Å². The molecular weight excluding hydrogens is 238 g/mol. The molecule has 1 aromatic heterocycles. The third kappa shape index (κ3) is 2.52. The summed E-state index contributed by atoms with van der Waals surface area (Å²) >= 11 is 1.52. The first-order chi connectivity index (χ1) is 8.11. The summed E-state index contributed by atoms with van der Waals surface area (Å²) in [6.45, 7) is 4.07. The van der Waals surface area contributed by atoms with Gasteiger partial charge in [0.25, 0.3) is 0 Å². The molecule has 94 valence electrons. The number of aromatic nitrogens is 1. The largest absolute Gasteiger partial charge is 0.465 e. The monoisotopic (exact) mass is 255 g/mol. The summed E-state index contributed by atoms with van der Waals surface area (Å²) in [4.78, 5) is 14.1. The smallest absolute Gasteiger partial charge is 0.407 e. The SMILES string of the molecule is CCn1cc(C2CCN(C(=O)O)CC2)sc1=N. The predicted octanol–water partition coefficient (Wildman–Crippen LogP) is 1.91. The Hall–Kier alpha value is -1.30. The zero-order valence-corrected chi connectivity index (χ0v) is 10.7. The van der Waals surface area contributed by atoms with Gasteiger partial charge in [-0.25, -0.2) is 4.79 Å². The summed E-state index contributed by atoms with van der Waals surface area (Å²) < 4.78 is 1.93. The average Bonchev–Trinajstić information content (AvgIpc) is 2.70. The average molecular weight is 255 g/mol. The quantitative estimate of drug-likeness (QED) is 0.847. The highest BCUT2D eigenvalue weighted by Gasteiger charge is 2.24. The molecule has 0 bridgehead atoms. The number of amides is 1. The van der Waals surface area contributed by atoms with Gasteiger partial charge >= 0.3 is 6.09 Å². The fourth-order valence-corrected chi connectivity index (χ4v) is 3.29. The molecule has 1 aromatic rings. The summed E-state index contributed by atoms with van der Waals surface area (Å²) in [5.74, 6) is 0.424. The summed E-state index contributed by atoms with van der Waals surface area (Å²) in [6, 6.07) is 0. The van der Waals surface area contributed by atoms with E-state index in [-0.39, 0.29) is 0 Å². The Labute approximate surface area is 104 Å². The van der Waals surface area contributed by atoms with Crippen molar-refractivity contribution < 1.29 is 9.90 Å². The first-order valence-corrected chi connectivity index (χ1v) is 6.66. The fraction of sp³-hybridized carbons (Fsp3) is 0.636. The van der Waals surface area contributed by atoms with Crippen molar-refractivity contribution in [3.63, 3.8) is 0 Å². The predicted molar refractivity (Wildman–Crippen MR) is 65.4 cm³/mol. The van der Waals surface area contributed by atoms with Gasteiger partial charge in [-0.05, 0) is 25.7 Å². The number of carbonyl (C=O) groups is 1. The van der Waals surface area contributed by atoms with Gasteiger partial charge in [-0.2, -0.15) is 0 Å². The van der Waals surface area contributed by atoms with Gasteiger partial charge in [-0.1, -0.05) is 0 Å². The standard InChI is InChI=1S/C11H17N3O2S/c1-2-13-7-9(17-10(13)12)8-3-5-14(6-4-8)11(15)16/h7-8,12H,2-6H2,1H3,(H,15,16). The second-order valence-corrected chi connectivity index (χ2v) is 5.33. The van der Waals surface area contributed by atoms with Gasteiger partial charge in [0.2, 0.25) is 0 Å². The van der Waals surface area contributed by atoms with Gasteiger partial charge in [0, 0.05) is 30.7 Å². The minimum atomic E-state index is -0.820. The van der Waals surface area contributed by atoms with Crippen LogP contribution >= 0.6 is 11.3 Å². The molecule has 2 rings (SSSR count). The third-order valence-electron chi connectivity index (χ3n) is 3.27. The molecule has 1 aliphatic rings. The maximum atomic E-state index is 10.8. The molecule has 17 heavy (non-hydrogen) atoms. The van der Waals surface area contributed by atoms with Crippen LogP contribution in [-0.2, 0) is 6.54 Å². The van der Waals surface area contributed by atoms with Crippen molar-refractivity contribution in [1.29, 1.82) is 5.41 Å². The number of likely N-dealkylation sites (tertiary alicyclic amines) is 1. The minimum Gasteiger partial charge on any atom is -0.465 e. The minimum absolute atomic E-state index is 0.424. The molecule has 0 radical (unpaired) electrons. The van der Waals surface area contributed by atoms with Gasteiger partial charge in [-0.3, -0.25) is 5.41 Å². The van der Waals surface area contributed by atoms with Gasteiger partial charge in [0.1, 0.15) is 0 Å². The van der Waals surface area contributed by atoms with Gasteiger partial charge < -0.3 is 14.6 Å². The summed E-state index contributed by atoms with van der Waals surface area (Å²) in [7, 11) is 0. The van der Waals surface area contributed by atoms with Crippen molar-refractivity contribution in [2.75, 3.05) is 13.1 Å². The summed E-state index contributed by atoms with van der Waals surface area (Å²) in [6.07, 6.45) is 2.97. The van der Waals surface area contributed by atoms with Crippen molar-refractivity contribution >= 4 is 17.4 Å². The molecule has 1 amide bonds. The van der Waals surface area contributed by atoms with Crippen molar-refractivity contribution in [2.45, 2.75) is 32.2 Å². The molecule has 0 aromatic carbocycles. The Bertz CT molecular complexity index is 458. The normalized spacial score (nSPS) is 17.4. The highest BCUT2D eigenvalue weighted by atomic mass is 32.1. The molecule has 1 saturated heterocycles. The molecule has 1 fully saturated rings. The van der Waals surface area contributed by atoms with Crippen LogP contribution in [0.2, 0.25) is 0 Å². The zero-order chi connectivity index (χ0) is 12.4. The van der Waals surface area contributed by atoms with Crippen molar-refractivity contribution in [3.05, 3.63) is 15.9 Å². The van der Waals surface area contributed by atoms with Gasteiger partial charge in [-0.15, -0.1) is 11.3 Å². The van der Waals surface area contributed by atoms with Crippen LogP contribution in [0.15, 0.2) is 6.20 Å². The topological polar surface area (TPSA) is 69.3 Å². The zero-order valence-electron chi connectivity index (χ0n) is 9.85. The number of rotatable bonds is 2. The van der Waals surface area contributed by atoms with Gasteiger partial charge in [0.05, 0.1) is 0 Å². The highest BCUT2D eigenvalue weighted by Crippen LogP contribution is 2.29. The molecule has 2 N–H and O–H groups in total. The lowest BCUT2D eigenvalue weighted by molar-refractivity contribution is 0.132. The number of piperidine rings is 1. The number of hydrogen-bond acceptors (Lipinski definition) is 3. The first-order valence-electron chi connectivity index (χ1n) is 5.84. The van der Waals surface area contributed by atoms with E-state index >= 15 is 0 Å². The van der Waals surface area contributed by atoms with E-state index < -0.39 is 6.09 Å². The molecule has 6 heteroatoms. The van der Waals surface area contributed by atoms with Crippen LogP contribution < -0.4 is 4.80 Å².